The van der Waals surface area contributed by atoms with E-state index >= 15 is 0 Å². The van der Waals surface area contributed by atoms with Crippen LogP contribution in [0.5, 0.6) is 11.5 Å². The van der Waals surface area contributed by atoms with Crippen LogP contribution in [0.1, 0.15) is 19.4 Å². The Kier molecular flexibility index (Phi) is 6.83. The number of rotatable bonds is 7. The normalized spacial score (nSPS) is 15.6. The summed E-state index contributed by atoms with van der Waals surface area (Å²) in [6.45, 7) is 4.21. The van der Waals surface area contributed by atoms with Gasteiger partial charge in [0.1, 0.15) is 10.9 Å². The van der Waals surface area contributed by atoms with Crippen molar-refractivity contribution in [2.24, 2.45) is 0 Å². The van der Waals surface area contributed by atoms with E-state index in [-0.39, 0.29) is 19.1 Å². The number of thioether (sulfide) groups is 1. The Morgan fingerprint density at radius 3 is 2.68 bits per heavy atom. The highest BCUT2D eigenvalue weighted by molar-refractivity contribution is 8.26. The maximum atomic E-state index is 12.5. The molecule has 0 aromatic heterocycles. The van der Waals surface area contributed by atoms with Gasteiger partial charge < -0.3 is 14.2 Å². The van der Waals surface area contributed by atoms with E-state index in [9.17, 15) is 9.59 Å². The number of thiocarbonyl (C=S) groups is 1. The summed E-state index contributed by atoms with van der Waals surface area (Å²) in [7, 11) is 1.56. The lowest BCUT2D eigenvalue weighted by Crippen LogP contribution is -2.34. The van der Waals surface area contributed by atoms with Gasteiger partial charge in [0, 0.05) is 0 Å². The van der Waals surface area contributed by atoms with Gasteiger partial charge >= 0.3 is 5.97 Å². The fraction of sp³-hybridized carbons (Fsp3) is 0.353. The Balaban J connectivity index is 2.20. The third kappa shape index (κ3) is 4.73. The van der Waals surface area contributed by atoms with Crippen molar-refractivity contribution in [3.8, 4) is 11.5 Å². The van der Waals surface area contributed by atoms with Gasteiger partial charge in [0.05, 0.1) is 25.2 Å². The minimum absolute atomic E-state index is 0.178. The molecule has 1 fully saturated rings. The molecule has 0 atom stereocenters. The SMILES string of the molecule is CCOC(=O)CN1C(=O)/C(=C/c2ccc(OCC)c(OC)c2)SC1=S. The van der Waals surface area contributed by atoms with E-state index in [1.54, 1.807) is 32.2 Å². The third-order valence-electron chi connectivity index (χ3n) is 3.25. The van der Waals surface area contributed by atoms with E-state index in [1.807, 2.05) is 13.0 Å². The molecule has 0 N–H and O–H groups in total. The van der Waals surface area contributed by atoms with E-state index in [1.165, 1.54) is 4.90 Å². The van der Waals surface area contributed by atoms with Crippen molar-refractivity contribution in [1.82, 2.24) is 4.90 Å². The molecule has 0 spiro atoms. The Bertz CT molecular complexity index is 717. The standard InChI is InChI=1S/C17H19NO5S2/c1-4-22-12-7-6-11(8-13(12)21-3)9-14-16(20)18(17(24)25-14)10-15(19)23-5-2/h6-9H,4-5,10H2,1-3H3/b14-9-. The van der Waals surface area contributed by atoms with Crippen LogP contribution in [0.2, 0.25) is 0 Å². The van der Waals surface area contributed by atoms with Gasteiger partial charge in [0.15, 0.2) is 11.5 Å². The second kappa shape index (κ2) is 8.87. The summed E-state index contributed by atoms with van der Waals surface area (Å²) < 4.78 is 16.0. The molecule has 0 unspecified atom stereocenters. The average molecular weight is 381 g/mol. The minimum atomic E-state index is -0.484. The van der Waals surface area contributed by atoms with Gasteiger partial charge in [-0.3, -0.25) is 14.5 Å². The summed E-state index contributed by atoms with van der Waals surface area (Å²) >= 11 is 6.35. The Labute approximate surface area is 156 Å². The van der Waals surface area contributed by atoms with Gasteiger partial charge in [-0.05, 0) is 37.6 Å². The molecule has 0 saturated carbocycles. The largest absolute Gasteiger partial charge is 0.493 e. The van der Waals surface area contributed by atoms with Crippen molar-refractivity contribution < 1.29 is 23.8 Å². The number of amides is 1. The van der Waals surface area contributed by atoms with Crippen LogP contribution in [0.25, 0.3) is 6.08 Å². The molecule has 2 rings (SSSR count). The molecule has 6 nitrogen and oxygen atoms in total. The smallest absolute Gasteiger partial charge is 0.326 e. The number of benzene rings is 1. The number of methoxy groups -OCH3 is 1. The molecule has 1 aromatic rings. The Morgan fingerprint density at radius 1 is 1.28 bits per heavy atom. The fourth-order valence-electron chi connectivity index (χ4n) is 2.17. The zero-order valence-corrected chi connectivity index (χ0v) is 15.9. The summed E-state index contributed by atoms with van der Waals surface area (Å²) in [6, 6.07) is 5.39. The zero-order valence-electron chi connectivity index (χ0n) is 14.2. The molecule has 8 heteroatoms. The number of esters is 1. The van der Waals surface area contributed by atoms with Gasteiger partial charge in [0.2, 0.25) is 0 Å². The second-order valence-electron chi connectivity index (χ2n) is 4.92. The van der Waals surface area contributed by atoms with Gasteiger partial charge in [-0.2, -0.15) is 0 Å². The van der Waals surface area contributed by atoms with E-state index in [2.05, 4.69) is 0 Å². The van der Waals surface area contributed by atoms with Crippen LogP contribution in [-0.2, 0) is 14.3 Å². The van der Waals surface area contributed by atoms with E-state index in [0.29, 0.717) is 27.3 Å². The van der Waals surface area contributed by atoms with Crippen LogP contribution in [0.15, 0.2) is 23.1 Å². The predicted molar refractivity (Wildman–Crippen MR) is 101 cm³/mol. The number of ether oxygens (including phenoxy) is 3. The molecule has 1 amide bonds. The number of carbonyl (C=O) groups is 2. The molecule has 134 valence electrons. The van der Waals surface area contributed by atoms with Crippen molar-refractivity contribution in [3.63, 3.8) is 0 Å². The highest BCUT2D eigenvalue weighted by Crippen LogP contribution is 2.34. The molecular weight excluding hydrogens is 362 g/mol. The molecule has 1 saturated heterocycles. The van der Waals surface area contributed by atoms with Crippen molar-refractivity contribution in [2.45, 2.75) is 13.8 Å². The maximum absolute atomic E-state index is 12.5. The molecule has 1 aliphatic heterocycles. The monoisotopic (exact) mass is 381 g/mol. The van der Waals surface area contributed by atoms with Crippen LogP contribution in [-0.4, -0.2) is 48.0 Å². The quantitative estimate of drug-likeness (QED) is 0.409. The molecule has 0 aliphatic carbocycles. The van der Waals surface area contributed by atoms with Crippen molar-refractivity contribution in [2.75, 3.05) is 26.9 Å². The van der Waals surface area contributed by atoms with E-state index in [0.717, 1.165) is 17.3 Å². The first-order valence-corrected chi connectivity index (χ1v) is 8.94. The highest BCUT2D eigenvalue weighted by atomic mass is 32.2. The van der Waals surface area contributed by atoms with Crippen LogP contribution in [0.3, 0.4) is 0 Å². The first-order chi connectivity index (χ1) is 12.0. The number of hydrogen-bond donors (Lipinski definition) is 0. The first kappa shape index (κ1) is 19.3. The Hall–Kier alpha value is -2.06. The van der Waals surface area contributed by atoms with Crippen LogP contribution in [0, 0.1) is 0 Å². The van der Waals surface area contributed by atoms with Crippen molar-refractivity contribution in [3.05, 3.63) is 28.7 Å². The molecule has 1 aromatic carbocycles. The second-order valence-corrected chi connectivity index (χ2v) is 6.59. The third-order valence-corrected chi connectivity index (χ3v) is 4.63. The van der Waals surface area contributed by atoms with Gasteiger partial charge in [-0.25, -0.2) is 0 Å². The summed E-state index contributed by atoms with van der Waals surface area (Å²) in [5.41, 5.74) is 0.775. The summed E-state index contributed by atoms with van der Waals surface area (Å²) in [5.74, 6) is 0.424. The lowest BCUT2D eigenvalue weighted by molar-refractivity contribution is -0.145. The maximum Gasteiger partial charge on any atom is 0.326 e. The molecule has 25 heavy (non-hydrogen) atoms. The predicted octanol–water partition coefficient (Wildman–Crippen LogP) is 2.86. The van der Waals surface area contributed by atoms with E-state index < -0.39 is 5.97 Å². The molecule has 1 aliphatic rings. The number of hydrogen-bond acceptors (Lipinski definition) is 7. The van der Waals surface area contributed by atoms with Crippen molar-refractivity contribution in [1.29, 1.82) is 0 Å². The Morgan fingerprint density at radius 2 is 2.04 bits per heavy atom. The highest BCUT2D eigenvalue weighted by Gasteiger charge is 2.33. The van der Waals surface area contributed by atoms with Gasteiger partial charge in [0.25, 0.3) is 5.91 Å². The molecule has 0 bridgehead atoms. The van der Waals surface area contributed by atoms with Crippen LogP contribution < -0.4 is 9.47 Å². The summed E-state index contributed by atoms with van der Waals surface area (Å²) in [6.07, 6.45) is 1.71. The molecule has 0 radical (unpaired) electrons. The zero-order chi connectivity index (χ0) is 18.4. The number of nitrogens with zero attached hydrogens (tertiary/aromatic N) is 1. The van der Waals surface area contributed by atoms with Crippen molar-refractivity contribution >= 4 is 46.3 Å². The van der Waals surface area contributed by atoms with Crippen LogP contribution >= 0.6 is 24.0 Å². The first-order valence-electron chi connectivity index (χ1n) is 7.72. The number of carbonyl (C=O) groups excluding carboxylic acids is 2. The lowest BCUT2D eigenvalue weighted by atomic mass is 10.2. The topological polar surface area (TPSA) is 65.1 Å². The molecule has 1 heterocycles. The summed E-state index contributed by atoms with van der Waals surface area (Å²) in [5, 5.41) is 0. The molecular formula is C17H19NO5S2. The average Bonchev–Trinajstić information content (AvgIpc) is 2.84. The lowest BCUT2D eigenvalue weighted by Gasteiger charge is -2.12. The fourth-order valence-corrected chi connectivity index (χ4v) is 3.43. The van der Waals surface area contributed by atoms with Gasteiger partial charge in [-0.15, -0.1) is 0 Å². The van der Waals surface area contributed by atoms with Crippen LogP contribution in [0.4, 0.5) is 0 Å². The summed E-state index contributed by atoms with van der Waals surface area (Å²) in [4.78, 5) is 25.8. The minimum Gasteiger partial charge on any atom is -0.493 e. The van der Waals surface area contributed by atoms with E-state index in [4.69, 9.17) is 26.4 Å². The van der Waals surface area contributed by atoms with Gasteiger partial charge in [-0.1, -0.05) is 30.0 Å².